The normalized spacial score (nSPS) is 18.6. The van der Waals surface area contributed by atoms with Gasteiger partial charge in [0.1, 0.15) is 13.2 Å². The number of ether oxygens (including phenoxy) is 2. The molecule has 1 aliphatic rings. The Labute approximate surface area is 91.0 Å². The van der Waals surface area contributed by atoms with Crippen LogP contribution in [0.1, 0.15) is 19.3 Å². The number of carbonyl (C=O) groups excluding carboxylic acids is 1. The molecule has 0 amide bonds. The number of Topliss-reactive ketones (excluding diaryl/α,β-unsaturated/α-hetero) is 1. The van der Waals surface area contributed by atoms with E-state index in [2.05, 4.69) is 0 Å². The highest BCUT2D eigenvalue weighted by Crippen LogP contribution is 2.31. The second kappa shape index (κ2) is 5.04. The molecule has 0 aromatic rings. The van der Waals surface area contributed by atoms with Gasteiger partial charge in [-0.2, -0.15) is 0 Å². The average Bonchev–Trinajstić information content (AvgIpc) is 2.55. The predicted octanol–water partition coefficient (Wildman–Crippen LogP) is -0.362. The number of carboxylic acids is 2. The molecule has 1 saturated carbocycles. The maximum Gasteiger partial charge on any atom is 0.329 e. The van der Waals surface area contributed by atoms with Gasteiger partial charge in [-0.25, -0.2) is 9.59 Å². The molecule has 0 spiro atoms. The highest BCUT2D eigenvalue weighted by Gasteiger charge is 2.45. The van der Waals surface area contributed by atoms with Crippen LogP contribution in [0.25, 0.3) is 0 Å². The number of ketones is 1. The minimum Gasteiger partial charge on any atom is -0.480 e. The van der Waals surface area contributed by atoms with Crippen molar-refractivity contribution >= 4 is 17.7 Å². The van der Waals surface area contributed by atoms with Crippen LogP contribution >= 0.6 is 0 Å². The molecule has 0 aromatic carbocycles. The molecule has 90 valence electrons. The summed E-state index contributed by atoms with van der Waals surface area (Å²) < 4.78 is 9.76. The van der Waals surface area contributed by atoms with E-state index in [0.717, 1.165) is 0 Å². The van der Waals surface area contributed by atoms with Crippen LogP contribution in [-0.2, 0) is 23.9 Å². The average molecular weight is 232 g/mol. The van der Waals surface area contributed by atoms with Gasteiger partial charge < -0.3 is 19.7 Å². The van der Waals surface area contributed by atoms with Crippen molar-refractivity contribution in [1.29, 1.82) is 0 Å². The van der Waals surface area contributed by atoms with Gasteiger partial charge in [0.15, 0.2) is 5.78 Å². The fourth-order valence-electron chi connectivity index (χ4n) is 1.52. The van der Waals surface area contributed by atoms with Crippen LogP contribution in [0.2, 0.25) is 0 Å². The number of hydrogen-bond donors (Lipinski definition) is 2. The summed E-state index contributed by atoms with van der Waals surface area (Å²) in [7, 11) is 0. The lowest BCUT2D eigenvalue weighted by molar-refractivity contribution is -0.227. The van der Waals surface area contributed by atoms with E-state index >= 15 is 0 Å². The molecule has 1 rings (SSSR count). The van der Waals surface area contributed by atoms with Crippen LogP contribution in [-0.4, -0.2) is 46.9 Å². The Morgan fingerprint density at radius 2 is 1.69 bits per heavy atom. The van der Waals surface area contributed by atoms with E-state index in [0.29, 0.717) is 6.42 Å². The molecular weight excluding hydrogens is 220 g/mol. The van der Waals surface area contributed by atoms with Crippen molar-refractivity contribution in [3.8, 4) is 0 Å². The first kappa shape index (κ1) is 12.6. The molecule has 7 heteroatoms. The summed E-state index contributed by atoms with van der Waals surface area (Å²) in [4.78, 5) is 32.2. The molecular formula is C9H12O7. The maximum absolute atomic E-state index is 11.5. The van der Waals surface area contributed by atoms with E-state index in [9.17, 15) is 14.4 Å². The van der Waals surface area contributed by atoms with Gasteiger partial charge in [0.2, 0.25) is 5.79 Å². The maximum atomic E-state index is 11.5. The van der Waals surface area contributed by atoms with Crippen LogP contribution in [0, 0.1) is 0 Å². The van der Waals surface area contributed by atoms with Crippen molar-refractivity contribution < 1.29 is 34.1 Å². The summed E-state index contributed by atoms with van der Waals surface area (Å²) in [6, 6.07) is 0. The fraction of sp³-hybridized carbons (Fsp3) is 0.667. The topological polar surface area (TPSA) is 110 Å². The molecule has 0 heterocycles. The summed E-state index contributed by atoms with van der Waals surface area (Å²) in [6.45, 7) is -1.38. The first-order chi connectivity index (χ1) is 7.46. The predicted molar refractivity (Wildman–Crippen MR) is 48.8 cm³/mol. The second-order valence-corrected chi connectivity index (χ2v) is 3.39. The van der Waals surface area contributed by atoms with Gasteiger partial charge in [-0.05, 0) is 6.42 Å². The molecule has 1 fully saturated rings. The monoisotopic (exact) mass is 232 g/mol. The van der Waals surface area contributed by atoms with Gasteiger partial charge in [-0.3, -0.25) is 4.79 Å². The third-order valence-corrected chi connectivity index (χ3v) is 2.19. The third kappa shape index (κ3) is 3.01. The molecule has 2 N–H and O–H groups in total. The lowest BCUT2D eigenvalue weighted by atomic mass is 10.2. The van der Waals surface area contributed by atoms with E-state index in [1.165, 1.54) is 0 Å². The second-order valence-electron chi connectivity index (χ2n) is 3.39. The molecule has 0 bridgehead atoms. The molecule has 0 aliphatic heterocycles. The Morgan fingerprint density at radius 1 is 1.19 bits per heavy atom. The summed E-state index contributed by atoms with van der Waals surface area (Å²) >= 11 is 0. The molecule has 0 radical (unpaired) electrons. The van der Waals surface area contributed by atoms with Crippen molar-refractivity contribution in [2.45, 2.75) is 25.0 Å². The molecule has 0 aromatic heterocycles. The van der Waals surface area contributed by atoms with Crippen LogP contribution < -0.4 is 0 Å². The first-order valence-corrected chi connectivity index (χ1v) is 4.71. The van der Waals surface area contributed by atoms with E-state index in [4.69, 9.17) is 19.7 Å². The third-order valence-electron chi connectivity index (χ3n) is 2.19. The van der Waals surface area contributed by atoms with Crippen molar-refractivity contribution in [1.82, 2.24) is 0 Å². The Morgan fingerprint density at radius 3 is 2.00 bits per heavy atom. The Kier molecular flexibility index (Phi) is 3.97. The van der Waals surface area contributed by atoms with E-state index in [1.807, 2.05) is 0 Å². The van der Waals surface area contributed by atoms with Crippen molar-refractivity contribution in [2.24, 2.45) is 0 Å². The van der Waals surface area contributed by atoms with E-state index in [-0.39, 0.29) is 12.8 Å². The number of rotatable bonds is 6. The molecule has 16 heavy (non-hydrogen) atoms. The van der Waals surface area contributed by atoms with Crippen molar-refractivity contribution in [3.63, 3.8) is 0 Å². The summed E-state index contributed by atoms with van der Waals surface area (Å²) in [5.74, 6) is -4.57. The zero-order valence-corrected chi connectivity index (χ0v) is 8.47. The fourth-order valence-corrected chi connectivity index (χ4v) is 1.52. The number of carboxylic acid groups (broad SMARTS) is 2. The van der Waals surface area contributed by atoms with Crippen LogP contribution in [0.4, 0.5) is 0 Å². The van der Waals surface area contributed by atoms with Crippen LogP contribution in [0.5, 0.6) is 0 Å². The molecule has 1 aliphatic carbocycles. The van der Waals surface area contributed by atoms with Crippen LogP contribution in [0.15, 0.2) is 0 Å². The first-order valence-electron chi connectivity index (χ1n) is 4.71. The number of carbonyl (C=O) groups is 3. The number of aliphatic carboxylic acids is 2. The highest BCUT2D eigenvalue weighted by atomic mass is 16.7. The van der Waals surface area contributed by atoms with Gasteiger partial charge >= 0.3 is 11.9 Å². The summed E-state index contributed by atoms with van der Waals surface area (Å²) in [5, 5.41) is 16.9. The molecule has 0 unspecified atom stereocenters. The van der Waals surface area contributed by atoms with Crippen molar-refractivity contribution in [2.75, 3.05) is 13.2 Å². The van der Waals surface area contributed by atoms with Gasteiger partial charge in [0, 0.05) is 12.8 Å². The largest absolute Gasteiger partial charge is 0.480 e. The van der Waals surface area contributed by atoms with Gasteiger partial charge in [0.25, 0.3) is 0 Å². The van der Waals surface area contributed by atoms with E-state index < -0.39 is 36.7 Å². The van der Waals surface area contributed by atoms with Gasteiger partial charge in [0.05, 0.1) is 0 Å². The lowest BCUT2D eigenvalue weighted by Crippen LogP contribution is -2.42. The molecule has 7 nitrogen and oxygen atoms in total. The number of hydrogen-bond acceptors (Lipinski definition) is 5. The van der Waals surface area contributed by atoms with Crippen LogP contribution in [0.3, 0.4) is 0 Å². The Bertz CT molecular complexity index is 291. The summed E-state index contributed by atoms with van der Waals surface area (Å²) in [5.41, 5.74) is 0. The lowest BCUT2D eigenvalue weighted by Gasteiger charge is -2.26. The van der Waals surface area contributed by atoms with Gasteiger partial charge in [-0.15, -0.1) is 0 Å². The highest BCUT2D eigenvalue weighted by molar-refractivity contribution is 5.88. The molecule has 0 atom stereocenters. The van der Waals surface area contributed by atoms with Crippen molar-refractivity contribution in [3.05, 3.63) is 0 Å². The molecule has 0 saturated heterocycles. The minimum atomic E-state index is -1.68. The Balaban J connectivity index is 2.64. The summed E-state index contributed by atoms with van der Waals surface area (Å²) in [6.07, 6.45) is 0.893. The van der Waals surface area contributed by atoms with Gasteiger partial charge in [-0.1, -0.05) is 0 Å². The Hall–Kier alpha value is -1.47. The quantitative estimate of drug-likeness (QED) is 0.601. The zero-order valence-electron chi connectivity index (χ0n) is 8.47. The SMILES string of the molecule is O=C(O)COC1(OCC(=O)O)CCCC1=O. The minimum absolute atomic E-state index is 0.187. The zero-order chi connectivity index (χ0) is 12.2. The smallest absolute Gasteiger partial charge is 0.329 e. The van der Waals surface area contributed by atoms with E-state index in [1.54, 1.807) is 0 Å². The standard InChI is InChI=1S/C9H12O7/c10-6-2-1-3-9(6,15-4-7(11)12)16-5-8(13)14/h1-5H2,(H,11,12)(H,13,14).